The van der Waals surface area contributed by atoms with Gasteiger partial charge >= 0.3 is 0 Å². The topological polar surface area (TPSA) is 42.0 Å². The highest BCUT2D eigenvalue weighted by Crippen LogP contribution is 2.34. The number of amides is 1. The van der Waals surface area contributed by atoms with Crippen LogP contribution in [0.4, 0.5) is 13.2 Å². The highest BCUT2D eigenvalue weighted by Gasteiger charge is 2.38. The van der Waals surface area contributed by atoms with E-state index in [1.807, 2.05) is 0 Å². The van der Waals surface area contributed by atoms with E-state index in [0.29, 0.717) is 12.5 Å². The number of nitrogens with zero attached hydrogens (tertiary/aromatic N) is 1. The van der Waals surface area contributed by atoms with E-state index in [1.165, 1.54) is 11.3 Å². The Kier molecular flexibility index (Phi) is 3.67. The number of hydrogen-bond donors (Lipinski definition) is 1. The van der Waals surface area contributed by atoms with Gasteiger partial charge in [0.05, 0.1) is 11.4 Å². The van der Waals surface area contributed by atoms with E-state index in [-0.39, 0.29) is 18.0 Å². The molecular weight excluding hydrogens is 301 g/mol. The van der Waals surface area contributed by atoms with Crippen LogP contribution in [0.2, 0.25) is 0 Å². The second kappa shape index (κ2) is 5.48. The van der Waals surface area contributed by atoms with Crippen molar-refractivity contribution in [3.63, 3.8) is 0 Å². The van der Waals surface area contributed by atoms with Crippen LogP contribution >= 0.6 is 11.3 Å². The zero-order valence-electron chi connectivity index (χ0n) is 10.8. The molecule has 2 aromatic rings. The van der Waals surface area contributed by atoms with Gasteiger partial charge in [0.2, 0.25) is 5.91 Å². The molecule has 1 amide bonds. The summed E-state index contributed by atoms with van der Waals surface area (Å²) in [6, 6.07) is 1.46. The zero-order chi connectivity index (χ0) is 15.0. The van der Waals surface area contributed by atoms with Crippen LogP contribution in [0.15, 0.2) is 23.8 Å². The minimum absolute atomic E-state index is 0.0969. The van der Waals surface area contributed by atoms with Crippen LogP contribution < -0.4 is 5.32 Å². The molecule has 21 heavy (non-hydrogen) atoms. The second-order valence-corrected chi connectivity index (χ2v) is 5.89. The molecule has 110 valence electrons. The standard InChI is InChI=1S/C14H11F3N2OS/c15-7-1-9(13(17)12(16)2-7)11-5-19-14(20)10(11)3-8-4-18-6-21-8/h1-2,4,6,10-11H,3,5H2,(H,19,20). The maximum Gasteiger partial charge on any atom is 0.224 e. The molecule has 0 radical (unpaired) electrons. The van der Waals surface area contributed by atoms with Crippen molar-refractivity contribution in [1.82, 2.24) is 10.3 Å². The molecule has 1 aromatic carbocycles. The van der Waals surface area contributed by atoms with Gasteiger partial charge in [-0.25, -0.2) is 13.2 Å². The number of aromatic nitrogens is 1. The van der Waals surface area contributed by atoms with Crippen molar-refractivity contribution in [1.29, 1.82) is 0 Å². The summed E-state index contributed by atoms with van der Waals surface area (Å²) < 4.78 is 40.6. The van der Waals surface area contributed by atoms with Crippen molar-refractivity contribution in [3.05, 3.63) is 51.7 Å². The summed E-state index contributed by atoms with van der Waals surface area (Å²) in [6.07, 6.45) is 2.01. The molecule has 1 fully saturated rings. The van der Waals surface area contributed by atoms with Gasteiger partial charge in [-0.15, -0.1) is 11.3 Å². The van der Waals surface area contributed by atoms with Crippen LogP contribution in [0.1, 0.15) is 16.4 Å². The quantitative estimate of drug-likeness (QED) is 0.885. The molecule has 3 nitrogen and oxygen atoms in total. The van der Waals surface area contributed by atoms with Crippen LogP contribution in [-0.4, -0.2) is 17.4 Å². The number of halogens is 3. The van der Waals surface area contributed by atoms with Crippen molar-refractivity contribution in [3.8, 4) is 0 Å². The molecule has 2 atom stereocenters. The number of nitrogens with one attached hydrogen (secondary N) is 1. The Morgan fingerprint density at radius 1 is 1.33 bits per heavy atom. The first-order valence-electron chi connectivity index (χ1n) is 6.35. The first-order valence-corrected chi connectivity index (χ1v) is 7.23. The van der Waals surface area contributed by atoms with Gasteiger partial charge in [-0.05, 0) is 18.1 Å². The Balaban J connectivity index is 1.95. The summed E-state index contributed by atoms with van der Waals surface area (Å²) in [7, 11) is 0. The largest absolute Gasteiger partial charge is 0.355 e. The molecule has 1 aromatic heterocycles. The van der Waals surface area contributed by atoms with Gasteiger partial charge in [-0.2, -0.15) is 0 Å². The van der Waals surface area contributed by atoms with Gasteiger partial charge in [-0.3, -0.25) is 9.78 Å². The van der Waals surface area contributed by atoms with Crippen molar-refractivity contribution < 1.29 is 18.0 Å². The van der Waals surface area contributed by atoms with Crippen LogP contribution in [0.3, 0.4) is 0 Å². The Morgan fingerprint density at radius 3 is 2.86 bits per heavy atom. The smallest absolute Gasteiger partial charge is 0.224 e. The Bertz CT molecular complexity index is 675. The molecule has 7 heteroatoms. The fourth-order valence-corrected chi connectivity index (χ4v) is 3.29. The summed E-state index contributed by atoms with van der Waals surface area (Å²) in [4.78, 5) is 16.7. The lowest BCUT2D eigenvalue weighted by Crippen LogP contribution is -2.21. The van der Waals surface area contributed by atoms with E-state index >= 15 is 0 Å². The highest BCUT2D eigenvalue weighted by atomic mass is 32.1. The lowest BCUT2D eigenvalue weighted by molar-refractivity contribution is -0.122. The average Bonchev–Trinajstić information content (AvgIpc) is 3.06. The predicted molar refractivity (Wildman–Crippen MR) is 71.4 cm³/mol. The fraction of sp³-hybridized carbons (Fsp3) is 0.286. The van der Waals surface area contributed by atoms with Gasteiger partial charge in [0.15, 0.2) is 11.6 Å². The lowest BCUT2D eigenvalue weighted by Gasteiger charge is -2.17. The number of hydrogen-bond acceptors (Lipinski definition) is 3. The van der Waals surface area contributed by atoms with Crippen LogP contribution in [0.5, 0.6) is 0 Å². The van der Waals surface area contributed by atoms with Crippen molar-refractivity contribution in [2.24, 2.45) is 5.92 Å². The minimum atomic E-state index is -1.24. The van der Waals surface area contributed by atoms with E-state index in [1.54, 1.807) is 11.7 Å². The monoisotopic (exact) mass is 312 g/mol. The molecule has 3 rings (SSSR count). The summed E-state index contributed by atoms with van der Waals surface area (Å²) >= 11 is 1.39. The Labute approximate surface area is 122 Å². The van der Waals surface area contributed by atoms with Gasteiger partial charge in [0, 0.05) is 29.6 Å². The third-order valence-corrected chi connectivity index (χ3v) is 4.45. The van der Waals surface area contributed by atoms with E-state index in [0.717, 1.165) is 10.9 Å². The Hall–Kier alpha value is -1.89. The number of carbonyl (C=O) groups excluding carboxylic acids is 1. The second-order valence-electron chi connectivity index (χ2n) is 4.92. The first kappa shape index (κ1) is 14.1. The SMILES string of the molecule is O=C1NCC(c2cc(F)cc(F)c2F)C1Cc1cncs1. The van der Waals surface area contributed by atoms with E-state index in [2.05, 4.69) is 10.3 Å². The van der Waals surface area contributed by atoms with Gasteiger partial charge in [0.25, 0.3) is 0 Å². The van der Waals surface area contributed by atoms with Crippen molar-refractivity contribution >= 4 is 17.2 Å². The van der Waals surface area contributed by atoms with Gasteiger partial charge in [0.1, 0.15) is 5.82 Å². The Morgan fingerprint density at radius 2 is 2.14 bits per heavy atom. The van der Waals surface area contributed by atoms with Gasteiger partial charge in [-0.1, -0.05) is 0 Å². The lowest BCUT2D eigenvalue weighted by atomic mass is 9.85. The number of thiazole rings is 1. The minimum Gasteiger partial charge on any atom is -0.355 e. The molecule has 1 N–H and O–H groups in total. The average molecular weight is 312 g/mol. The summed E-state index contributed by atoms with van der Waals surface area (Å²) in [5.41, 5.74) is 1.54. The van der Waals surface area contributed by atoms with Crippen LogP contribution in [0, 0.1) is 23.4 Å². The molecule has 0 saturated carbocycles. The first-order chi connectivity index (χ1) is 10.1. The summed E-state index contributed by atoms with van der Waals surface area (Å²) in [5, 5.41) is 2.63. The maximum absolute atomic E-state index is 13.9. The summed E-state index contributed by atoms with van der Waals surface area (Å²) in [6.45, 7) is 0.169. The molecule has 0 aliphatic carbocycles. The molecule has 2 unspecified atom stereocenters. The fourth-order valence-electron chi connectivity index (χ4n) is 2.63. The molecule has 1 aliphatic rings. The molecular formula is C14H11F3N2OS. The number of rotatable bonds is 3. The van der Waals surface area contributed by atoms with Crippen molar-refractivity contribution in [2.45, 2.75) is 12.3 Å². The molecule has 1 aliphatic heterocycles. The number of carbonyl (C=O) groups is 1. The van der Waals surface area contributed by atoms with Crippen LogP contribution in [-0.2, 0) is 11.2 Å². The third-order valence-electron chi connectivity index (χ3n) is 3.64. The predicted octanol–water partition coefficient (Wildman–Crippen LogP) is 2.63. The number of benzene rings is 1. The zero-order valence-corrected chi connectivity index (χ0v) is 11.6. The van der Waals surface area contributed by atoms with Crippen LogP contribution in [0.25, 0.3) is 0 Å². The van der Waals surface area contributed by atoms with Crippen molar-refractivity contribution in [2.75, 3.05) is 6.54 Å². The maximum atomic E-state index is 13.9. The van der Waals surface area contributed by atoms with E-state index in [9.17, 15) is 18.0 Å². The molecule has 0 spiro atoms. The molecule has 1 saturated heterocycles. The highest BCUT2D eigenvalue weighted by molar-refractivity contribution is 7.09. The molecule has 0 bridgehead atoms. The molecule has 2 heterocycles. The van der Waals surface area contributed by atoms with E-state index in [4.69, 9.17) is 0 Å². The van der Waals surface area contributed by atoms with Gasteiger partial charge < -0.3 is 5.32 Å². The third kappa shape index (κ3) is 2.65. The normalized spacial score (nSPS) is 21.6. The van der Waals surface area contributed by atoms with E-state index < -0.39 is 29.3 Å². The summed E-state index contributed by atoms with van der Waals surface area (Å²) in [5.74, 6) is -4.56.